The van der Waals surface area contributed by atoms with E-state index in [-0.39, 0.29) is 5.82 Å². The Bertz CT molecular complexity index is 590. The SMILES string of the molecule is CCOc1ccc(CC(C(=O)O)c2ccc(F)cc2)cc1. The molecule has 2 aromatic rings. The van der Waals surface area contributed by atoms with Crippen LogP contribution in [0.4, 0.5) is 4.39 Å². The minimum Gasteiger partial charge on any atom is -0.494 e. The van der Waals surface area contributed by atoms with Gasteiger partial charge in [0.25, 0.3) is 0 Å². The Hall–Kier alpha value is -2.36. The first kappa shape index (κ1) is 15.0. The average molecular weight is 288 g/mol. The molecule has 0 saturated carbocycles. The minimum atomic E-state index is -0.921. The van der Waals surface area contributed by atoms with Gasteiger partial charge in [-0.05, 0) is 48.7 Å². The van der Waals surface area contributed by atoms with Crippen molar-refractivity contribution >= 4 is 5.97 Å². The number of hydrogen-bond donors (Lipinski definition) is 1. The molecule has 0 aromatic heterocycles. The van der Waals surface area contributed by atoms with Crippen LogP contribution in [-0.2, 0) is 11.2 Å². The maximum atomic E-state index is 12.9. The summed E-state index contributed by atoms with van der Waals surface area (Å²) in [5.41, 5.74) is 1.49. The zero-order chi connectivity index (χ0) is 15.2. The predicted octanol–water partition coefficient (Wildman–Crippen LogP) is 3.64. The van der Waals surface area contributed by atoms with E-state index in [4.69, 9.17) is 4.74 Å². The van der Waals surface area contributed by atoms with Crippen LogP contribution in [0.1, 0.15) is 24.0 Å². The zero-order valence-electron chi connectivity index (χ0n) is 11.8. The summed E-state index contributed by atoms with van der Waals surface area (Å²) in [6.07, 6.45) is 0.355. The van der Waals surface area contributed by atoms with Gasteiger partial charge in [0.15, 0.2) is 0 Å². The smallest absolute Gasteiger partial charge is 0.311 e. The van der Waals surface area contributed by atoms with E-state index in [0.29, 0.717) is 18.6 Å². The fraction of sp³-hybridized carbons (Fsp3) is 0.235. The van der Waals surface area contributed by atoms with Crippen LogP contribution in [-0.4, -0.2) is 17.7 Å². The first-order valence-electron chi connectivity index (χ1n) is 6.80. The molecule has 1 N–H and O–H groups in total. The summed E-state index contributed by atoms with van der Waals surface area (Å²) in [5.74, 6) is -1.22. The molecular weight excluding hydrogens is 271 g/mol. The van der Waals surface area contributed by atoms with Crippen molar-refractivity contribution in [2.24, 2.45) is 0 Å². The summed E-state index contributed by atoms with van der Waals surface area (Å²) in [6, 6.07) is 12.9. The molecule has 2 aromatic carbocycles. The van der Waals surface area contributed by atoms with Crippen molar-refractivity contribution in [3.8, 4) is 5.75 Å². The Morgan fingerprint density at radius 1 is 1.14 bits per heavy atom. The number of rotatable bonds is 6. The Morgan fingerprint density at radius 2 is 1.76 bits per heavy atom. The summed E-state index contributed by atoms with van der Waals surface area (Å²) >= 11 is 0. The van der Waals surface area contributed by atoms with Gasteiger partial charge in [0.1, 0.15) is 11.6 Å². The van der Waals surface area contributed by atoms with Crippen molar-refractivity contribution in [2.45, 2.75) is 19.3 Å². The van der Waals surface area contributed by atoms with Crippen LogP contribution in [0, 0.1) is 5.82 Å². The third-order valence-corrected chi connectivity index (χ3v) is 3.24. The third-order valence-electron chi connectivity index (χ3n) is 3.24. The van der Waals surface area contributed by atoms with E-state index in [1.165, 1.54) is 24.3 Å². The van der Waals surface area contributed by atoms with Crippen LogP contribution in [0.5, 0.6) is 5.75 Å². The molecule has 0 heterocycles. The molecule has 110 valence electrons. The number of aliphatic carboxylic acids is 1. The molecule has 3 nitrogen and oxygen atoms in total. The molecule has 0 fully saturated rings. The van der Waals surface area contributed by atoms with Crippen LogP contribution in [0.25, 0.3) is 0 Å². The average Bonchev–Trinajstić information content (AvgIpc) is 2.47. The van der Waals surface area contributed by atoms with E-state index in [2.05, 4.69) is 0 Å². The Morgan fingerprint density at radius 3 is 2.29 bits per heavy atom. The molecule has 0 radical (unpaired) electrons. The number of halogens is 1. The lowest BCUT2D eigenvalue weighted by molar-refractivity contribution is -0.138. The summed E-state index contributed by atoms with van der Waals surface area (Å²) < 4.78 is 18.3. The van der Waals surface area contributed by atoms with Gasteiger partial charge in [-0.3, -0.25) is 4.79 Å². The second kappa shape index (κ2) is 6.88. The highest BCUT2D eigenvalue weighted by Crippen LogP contribution is 2.23. The third kappa shape index (κ3) is 4.05. The maximum absolute atomic E-state index is 12.9. The largest absolute Gasteiger partial charge is 0.494 e. The Balaban J connectivity index is 2.16. The minimum absolute atomic E-state index is 0.355. The number of carboxylic acid groups (broad SMARTS) is 1. The van der Waals surface area contributed by atoms with Crippen LogP contribution in [0.2, 0.25) is 0 Å². The fourth-order valence-corrected chi connectivity index (χ4v) is 2.17. The monoisotopic (exact) mass is 288 g/mol. The molecule has 0 aliphatic heterocycles. The van der Waals surface area contributed by atoms with Crippen molar-refractivity contribution in [2.75, 3.05) is 6.61 Å². The molecule has 0 spiro atoms. The second-order valence-electron chi connectivity index (χ2n) is 4.72. The van der Waals surface area contributed by atoms with Gasteiger partial charge in [0.05, 0.1) is 12.5 Å². The van der Waals surface area contributed by atoms with E-state index in [1.807, 2.05) is 31.2 Å². The summed E-state index contributed by atoms with van der Waals surface area (Å²) in [4.78, 5) is 11.4. The van der Waals surface area contributed by atoms with Gasteiger partial charge in [-0.1, -0.05) is 24.3 Å². The lowest BCUT2D eigenvalue weighted by Crippen LogP contribution is -2.14. The van der Waals surface area contributed by atoms with Crippen LogP contribution in [0.15, 0.2) is 48.5 Å². The number of ether oxygens (including phenoxy) is 1. The van der Waals surface area contributed by atoms with Gasteiger partial charge >= 0.3 is 5.97 Å². The molecule has 1 atom stereocenters. The van der Waals surface area contributed by atoms with E-state index in [1.54, 1.807) is 0 Å². The Kier molecular flexibility index (Phi) is 4.93. The molecule has 21 heavy (non-hydrogen) atoms. The molecule has 0 aliphatic carbocycles. The normalized spacial score (nSPS) is 11.9. The first-order valence-corrected chi connectivity index (χ1v) is 6.80. The van der Waals surface area contributed by atoms with Crippen LogP contribution in [0.3, 0.4) is 0 Å². The number of carboxylic acids is 1. The van der Waals surface area contributed by atoms with Gasteiger partial charge < -0.3 is 9.84 Å². The summed E-state index contributed by atoms with van der Waals surface area (Å²) in [5, 5.41) is 9.38. The van der Waals surface area contributed by atoms with Crippen molar-refractivity contribution in [1.29, 1.82) is 0 Å². The lowest BCUT2D eigenvalue weighted by Gasteiger charge is -2.13. The van der Waals surface area contributed by atoms with Gasteiger partial charge in [0.2, 0.25) is 0 Å². The second-order valence-corrected chi connectivity index (χ2v) is 4.72. The molecule has 0 amide bonds. The highest BCUT2D eigenvalue weighted by Gasteiger charge is 2.20. The summed E-state index contributed by atoms with van der Waals surface area (Å²) in [7, 11) is 0. The molecule has 0 bridgehead atoms. The molecule has 2 rings (SSSR count). The highest BCUT2D eigenvalue weighted by molar-refractivity contribution is 5.76. The molecular formula is C17H17FO3. The van der Waals surface area contributed by atoms with E-state index in [0.717, 1.165) is 11.3 Å². The molecule has 4 heteroatoms. The number of benzene rings is 2. The highest BCUT2D eigenvalue weighted by atomic mass is 19.1. The van der Waals surface area contributed by atoms with Crippen LogP contribution < -0.4 is 4.74 Å². The topological polar surface area (TPSA) is 46.5 Å². The standard InChI is InChI=1S/C17H17FO3/c1-2-21-15-9-3-12(4-10-15)11-16(17(19)20)13-5-7-14(18)8-6-13/h3-10,16H,2,11H2,1H3,(H,19,20). The number of hydrogen-bond acceptors (Lipinski definition) is 2. The number of carbonyl (C=O) groups is 1. The van der Waals surface area contributed by atoms with E-state index in [9.17, 15) is 14.3 Å². The Labute approximate surface area is 123 Å². The van der Waals surface area contributed by atoms with Gasteiger partial charge in [0, 0.05) is 0 Å². The van der Waals surface area contributed by atoms with E-state index >= 15 is 0 Å². The van der Waals surface area contributed by atoms with E-state index < -0.39 is 11.9 Å². The van der Waals surface area contributed by atoms with Gasteiger partial charge in [-0.15, -0.1) is 0 Å². The van der Waals surface area contributed by atoms with Crippen LogP contribution >= 0.6 is 0 Å². The predicted molar refractivity (Wildman–Crippen MR) is 78.1 cm³/mol. The quantitative estimate of drug-likeness (QED) is 0.882. The summed E-state index contributed by atoms with van der Waals surface area (Å²) in [6.45, 7) is 2.50. The lowest BCUT2D eigenvalue weighted by atomic mass is 9.92. The van der Waals surface area contributed by atoms with Crippen molar-refractivity contribution in [3.63, 3.8) is 0 Å². The maximum Gasteiger partial charge on any atom is 0.311 e. The van der Waals surface area contributed by atoms with Crippen molar-refractivity contribution in [3.05, 3.63) is 65.5 Å². The fourth-order valence-electron chi connectivity index (χ4n) is 2.17. The zero-order valence-corrected chi connectivity index (χ0v) is 11.8. The first-order chi connectivity index (χ1) is 10.1. The molecule has 0 aliphatic rings. The van der Waals surface area contributed by atoms with Gasteiger partial charge in [-0.2, -0.15) is 0 Å². The molecule has 0 saturated heterocycles. The van der Waals surface area contributed by atoms with Gasteiger partial charge in [-0.25, -0.2) is 4.39 Å². The van der Waals surface area contributed by atoms with Crippen molar-refractivity contribution < 1.29 is 19.0 Å². The molecule has 1 unspecified atom stereocenters. The van der Waals surface area contributed by atoms with Crippen molar-refractivity contribution in [1.82, 2.24) is 0 Å².